The Kier molecular flexibility index (Phi) is 5.93. The molecule has 0 spiro atoms. The molecule has 0 aliphatic carbocycles. The summed E-state index contributed by atoms with van der Waals surface area (Å²) in [5.41, 5.74) is 1.39. The molecule has 166 valence electrons. The summed E-state index contributed by atoms with van der Waals surface area (Å²) in [6.45, 7) is 4.65. The highest BCUT2D eigenvalue weighted by molar-refractivity contribution is 6.01. The van der Waals surface area contributed by atoms with Gasteiger partial charge in [0, 0.05) is 56.4 Å². The summed E-state index contributed by atoms with van der Waals surface area (Å²) in [5, 5.41) is 2.09. The highest BCUT2D eigenvalue weighted by atomic mass is 19.1. The molecule has 2 aromatic carbocycles. The van der Waals surface area contributed by atoms with E-state index in [2.05, 4.69) is 14.8 Å². The number of carbonyl (C=O) groups is 1. The van der Waals surface area contributed by atoms with E-state index in [0.29, 0.717) is 5.69 Å². The molecule has 32 heavy (non-hydrogen) atoms. The summed E-state index contributed by atoms with van der Waals surface area (Å²) in [4.78, 5) is 24.2. The Labute approximate surface area is 188 Å². The van der Waals surface area contributed by atoms with Gasteiger partial charge in [0.15, 0.2) is 0 Å². The van der Waals surface area contributed by atoms with Crippen LogP contribution in [0.2, 0.25) is 0 Å². The van der Waals surface area contributed by atoms with Gasteiger partial charge in [-0.1, -0.05) is 31.0 Å². The number of benzene rings is 2. The number of hydrogen-bond acceptors (Lipinski definition) is 4. The molecule has 2 aliphatic heterocycles. The second-order valence-electron chi connectivity index (χ2n) is 8.70. The first-order valence-corrected chi connectivity index (χ1v) is 11.6. The molecule has 2 saturated heterocycles. The molecule has 2 aliphatic rings. The van der Waals surface area contributed by atoms with Gasteiger partial charge in [-0.2, -0.15) is 0 Å². The Balaban J connectivity index is 1.38. The number of piperazine rings is 1. The number of amides is 1. The molecule has 1 amide bonds. The van der Waals surface area contributed by atoms with Gasteiger partial charge in [0.2, 0.25) is 0 Å². The lowest BCUT2D eigenvalue weighted by atomic mass is 10.1. The third-order valence-electron chi connectivity index (χ3n) is 6.66. The van der Waals surface area contributed by atoms with Crippen LogP contribution in [0.1, 0.15) is 36.0 Å². The Morgan fingerprint density at radius 1 is 0.812 bits per heavy atom. The zero-order valence-electron chi connectivity index (χ0n) is 18.3. The van der Waals surface area contributed by atoms with Crippen molar-refractivity contribution in [2.45, 2.75) is 25.7 Å². The van der Waals surface area contributed by atoms with E-state index in [1.54, 1.807) is 6.07 Å². The van der Waals surface area contributed by atoms with Crippen molar-refractivity contribution in [2.75, 3.05) is 49.1 Å². The molecule has 5 nitrogen and oxygen atoms in total. The van der Waals surface area contributed by atoms with Crippen molar-refractivity contribution >= 4 is 28.2 Å². The largest absolute Gasteiger partial charge is 0.366 e. The molecule has 3 aromatic rings. The number of pyridine rings is 1. The Hall–Kier alpha value is -3.15. The van der Waals surface area contributed by atoms with Crippen molar-refractivity contribution in [3.05, 3.63) is 66.1 Å². The lowest BCUT2D eigenvalue weighted by Gasteiger charge is -2.37. The fourth-order valence-electron chi connectivity index (χ4n) is 4.86. The Morgan fingerprint density at radius 3 is 2.28 bits per heavy atom. The summed E-state index contributed by atoms with van der Waals surface area (Å²) in [6.07, 6.45) is 6.40. The van der Waals surface area contributed by atoms with Crippen LogP contribution < -0.4 is 9.80 Å². The molecule has 0 bridgehead atoms. The monoisotopic (exact) mass is 432 g/mol. The van der Waals surface area contributed by atoms with Crippen LogP contribution in [0.15, 0.2) is 54.7 Å². The van der Waals surface area contributed by atoms with Crippen LogP contribution in [0.5, 0.6) is 0 Å². The smallest absolute Gasteiger partial charge is 0.253 e. The van der Waals surface area contributed by atoms with Crippen LogP contribution in [0.3, 0.4) is 0 Å². The molecule has 0 radical (unpaired) electrons. The number of likely N-dealkylation sites (tertiary alicyclic amines) is 1. The number of fused-ring (bicyclic) bond motifs is 1. The number of carbonyl (C=O) groups excluding carboxylic acids is 1. The van der Waals surface area contributed by atoms with E-state index in [1.165, 1.54) is 18.9 Å². The predicted molar refractivity (Wildman–Crippen MR) is 127 cm³/mol. The quantitative estimate of drug-likeness (QED) is 0.601. The maximum atomic E-state index is 14.2. The number of anilines is 2. The third-order valence-corrected chi connectivity index (χ3v) is 6.66. The number of hydrogen-bond donors (Lipinski definition) is 0. The topological polar surface area (TPSA) is 39.7 Å². The minimum atomic E-state index is -0.180. The highest BCUT2D eigenvalue weighted by Crippen LogP contribution is 2.28. The Morgan fingerprint density at radius 2 is 1.53 bits per heavy atom. The first-order valence-electron chi connectivity index (χ1n) is 11.6. The molecular weight excluding hydrogens is 403 g/mol. The van der Waals surface area contributed by atoms with Gasteiger partial charge < -0.3 is 14.7 Å². The number of para-hydroxylation sites is 1. The van der Waals surface area contributed by atoms with E-state index >= 15 is 0 Å². The Bertz CT molecular complexity index is 1100. The van der Waals surface area contributed by atoms with E-state index in [9.17, 15) is 9.18 Å². The van der Waals surface area contributed by atoms with E-state index in [4.69, 9.17) is 0 Å². The van der Waals surface area contributed by atoms with Crippen LogP contribution in [-0.2, 0) is 0 Å². The number of nitrogens with zero attached hydrogens (tertiary/aromatic N) is 4. The standard InChI is InChI=1S/C26H29FN4O/c27-23-7-3-4-8-24(23)29-15-17-30(18-16-29)25-22-19-21(10-9-20(22)11-12-28-25)26(32)31-13-5-1-2-6-14-31/h3-4,7-12,19H,1-2,5-6,13-18H2. The van der Waals surface area contributed by atoms with Gasteiger partial charge >= 0.3 is 0 Å². The van der Waals surface area contributed by atoms with Crippen molar-refractivity contribution in [1.82, 2.24) is 9.88 Å². The second-order valence-corrected chi connectivity index (χ2v) is 8.70. The lowest BCUT2D eigenvalue weighted by molar-refractivity contribution is 0.0762. The zero-order chi connectivity index (χ0) is 21.9. The molecule has 6 heteroatoms. The van der Waals surface area contributed by atoms with Crippen molar-refractivity contribution in [1.29, 1.82) is 0 Å². The van der Waals surface area contributed by atoms with E-state index < -0.39 is 0 Å². The van der Waals surface area contributed by atoms with Crippen LogP contribution >= 0.6 is 0 Å². The first-order chi connectivity index (χ1) is 15.7. The molecule has 2 fully saturated rings. The SMILES string of the molecule is O=C(c1ccc2ccnc(N3CCN(c4ccccc4F)CC3)c2c1)N1CCCCCC1. The minimum Gasteiger partial charge on any atom is -0.366 e. The van der Waals surface area contributed by atoms with Crippen LogP contribution in [-0.4, -0.2) is 55.1 Å². The van der Waals surface area contributed by atoms with Gasteiger partial charge in [-0.3, -0.25) is 4.79 Å². The average Bonchev–Trinajstić information content (AvgIpc) is 3.13. The second kappa shape index (κ2) is 9.15. The molecule has 0 unspecified atom stereocenters. The minimum absolute atomic E-state index is 0.118. The van der Waals surface area contributed by atoms with E-state index in [1.807, 2.05) is 47.5 Å². The van der Waals surface area contributed by atoms with Crippen molar-refractivity contribution in [3.8, 4) is 0 Å². The summed E-state index contributed by atoms with van der Waals surface area (Å²) >= 11 is 0. The molecule has 5 rings (SSSR count). The lowest BCUT2D eigenvalue weighted by Crippen LogP contribution is -2.47. The summed E-state index contributed by atoms with van der Waals surface area (Å²) in [5.74, 6) is 0.843. The van der Waals surface area contributed by atoms with Gasteiger partial charge in [-0.25, -0.2) is 9.37 Å². The molecule has 0 atom stereocenters. The molecule has 0 saturated carbocycles. The van der Waals surface area contributed by atoms with Gasteiger partial charge in [0.1, 0.15) is 11.6 Å². The third kappa shape index (κ3) is 4.14. The van der Waals surface area contributed by atoms with Crippen molar-refractivity contribution in [3.63, 3.8) is 0 Å². The maximum absolute atomic E-state index is 14.2. The van der Waals surface area contributed by atoms with Gasteiger partial charge in [0.25, 0.3) is 5.91 Å². The van der Waals surface area contributed by atoms with Gasteiger partial charge in [-0.05, 0) is 48.6 Å². The molecule has 3 heterocycles. The molecule has 1 aromatic heterocycles. The van der Waals surface area contributed by atoms with Gasteiger partial charge in [0.05, 0.1) is 5.69 Å². The fourth-order valence-corrected chi connectivity index (χ4v) is 4.86. The van der Waals surface area contributed by atoms with Crippen LogP contribution in [0, 0.1) is 5.82 Å². The predicted octanol–water partition coefficient (Wildman–Crippen LogP) is 4.72. The summed E-state index contributed by atoms with van der Waals surface area (Å²) in [6, 6.07) is 14.9. The normalized spacial score (nSPS) is 17.5. The zero-order valence-corrected chi connectivity index (χ0v) is 18.3. The summed E-state index contributed by atoms with van der Waals surface area (Å²) in [7, 11) is 0. The van der Waals surface area contributed by atoms with Gasteiger partial charge in [-0.15, -0.1) is 0 Å². The van der Waals surface area contributed by atoms with Crippen molar-refractivity contribution in [2.24, 2.45) is 0 Å². The number of aromatic nitrogens is 1. The summed E-state index contributed by atoms with van der Waals surface area (Å²) < 4.78 is 14.2. The number of rotatable bonds is 3. The fraction of sp³-hybridized carbons (Fsp3) is 0.385. The molecular formula is C26H29FN4O. The van der Waals surface area contributed by atoms with E-state index in [-0.39, 0.29) is 11.7 Å². The van der Waals surface area contributed by atoms with Crippen LogP contribution in [0.25, 0.3) is 10.8 Å². The molecule has 0 N–H and O–H groups in total. The number of halogens is 1. The van der Waals surface area contributed by atoms with Crippen LogP contribution in [0.4, 0.5) is 15.9 Å². The van der Waals surface area contributed by atoms with E-state index in [0.717, 1.165) is 74.3 Å². The maximum Gasteiger partial charge on any atom is 0.253 e. The average molecular weight is 433 g/mol. The highest BCUT2D eigenvalue weighted by Gasteiger charge is 2.23. The first kappa shape index (κ1) is 20.7. The van der Waals surface area contributed by atoms with Crippen molar-refractivity contribution < 1.29 is 9.18 Å².